The van der Waals surface area contributed by atoms with E-state index in [-0.39, 0.29) is 5.60 Å². The highest BCUT2D eigenvalue weighted by Crippen LogP contribution is 2.42. The normalized spacial score (nSPS) is 30.1. The molecule has 1 aromatic rings. The Kier molecular flexibility index (Phi) is 3.36. The third-order valence-corrected chi connectivity index (χ3v) is 4.80. The number of thioether (sulfide) groups is 1. The van der Waals surface area contributed by atoms with E-state index in [0.29, 0.717) is 6.61 Å². The molecule has 1 atom stereocenters. The largest absolute Gasteiger partial charge is 0.344 e. The van der Waals surface area contributed by atoms with Gasteiger partial charge in [0.15, 0.2) is 0 Å². The topological polar surface area (TPSA) is 27.7 Å². The molecule has 1 unspecified atom stereocenters. The molecule has 1 aliphatic carbocycles. The predicted molar refractivity (Wildman–Crippen MR) is 70.3 cm³/mol. The summed E-state index contributed by atoms with van der Waals surface area (Å²) in [5.74, 6) is 0.407. The maximum absolute atomic E-state index is 5.84. The molecule has 1 aliphatic heterocycles. The van der Waals surface area contributed by atoms with Crippen molar-refractivity contribution < 1.29 is 14.5 Å². The minimum Gasteiger partial charge on any atom is -0.344 e. The van der Waals surface area contributed by atoms with Gasteiger partial charge < -0.3 is 4.74 Å². The van der Waals surface area contributed by atoms with Crippen LogP contribution < -0.4 is 0 Å². The molecule has 2 fully saturated rings. The minimum atomic E-state index is -0.420. The Morgan fingerprint density at radius 2 is 1.94 bits per heavy atom. The Bertz CT molecular complexity index is 393. The van der Waals surface area contributed by atoms with E-state index in [0.717, 1.165) is 18.6 Å². The molecular formula is C14H18O3S. The highest BCUT2D eigenvalue weighted by molar-refractivity contribution is 7.99. The molecule has 2 aliphatic rings. The van der Waals surface area contributed by atoms with Gasteiger partial charge in [0.05, 0.1) is 6.61 Å². The smallest absolute Gasteiger partial charge is 0.201 e. The van der Waals surface area contributed by atoms with Crippen LogP contribution in [0.2, 0.25) is 0 Å². The summed E-state index contributed by atoms with van der Waals surface area (Å²) in [6, 6.07) is 10.3. The van der Waals surface area contributed by atoms with Crippen LogP contribution in [-0.4, -0.2) is 23.7 Å². The van der Waals surface area contributed by atoms with Crippen molar-refractivity contribution in [3.05, 3.63) is 30.3 Å². The summed E-state index contributed by atoms with van der Waals surface area (Å²) in [6.07, 6.45) is 3.07. The quantitative estimate of drug-likeness (QED) is 0.619. The summed E-state index contributed by atoms with van der Waals surface area (Å²) in [6.45, 7) is 2.64. The molecule has 1 saturated carbocycles. The van der Waals surface area contributed by atoms with Crippen molar-refractivity contribution in [2.45, 2.75) is 42.5 Å². The third kappa shape index (κ3) is 2.57. The van der Waals surface area contributed by atoms with Crippen LogP contribution in [0.1, 0.15) is 26.2 Å². The zero-order chi connectivity index (χ0) is 12.5. The lowest BCUT2D eigenvalue weighted by Gasteiger charge is -2.47. The van der Waals surface area contributed by atoms with E-state index in [2.05, 4.69) is 12.1 Å². The van der Waals surface area contributed by atoms with E-state index in [9.17, 15) is 0 Å². The SMILES string of the molecule is CC1(CSc2ccccc2)COC2(CCC2)OO1. The van der Waals surface area contributed by atoms with Crippen molar-refractivity contribution in [2.75, 3.05) is 12.4 Å². The van der Waals surface area contributed by atoms with Gasteiger partial charge in [-0.2, -0.15) is 0 Å². The average molecular weight is 266 g/mol. The lowest BCUT2D eigenvalue weighted by Crippen LogP contribution is -2.55. The second kappa shape index (κ2) is 4.85. The van der Waals surface area contributed by atoms with Gasteiger partial charge in [-0.05, 0) is 25.5 Å². The Balaban J connectivity index is 1.53. The molecule has 98 valence electrons. The van der Waals surface area contributed by atoms with Crippen LogP contribution in [-0.2, 0) is 14.5 Å². The molecule has 1 aromatic carbocycles. The van der Waals surface area contributed by atoms with Crippen LogP contribution in [0.15, 0.2) is 35.2 Å². The first-order chi connectivity index (χ1) is 8.70. The second-order valence-electron chi connectivity index (χ2n) is 5.27. The second-order valence-corrected chi connectivity index (χ2v) is 6.32. The van der Waals surface area contributed by atoms with Crippen molar-refractivity contribution in [3.63, 3.8) is 0 Å². The first kappa shape index (κ1) is 12.5. The van der Waals surface area contributed by atoms with Crippen molar-refractivity contribution in [1.82, 2.24) is 0 Å². The molecule has 1 spiro atoms. The molecule has 0 bridgehead atoms. The van der Waals surface area contributed by atoms with Gasteiger partial charge >= 0.3 is 0 Å². The summed E-state index contributed by atoms with van der Waals surface area (Å²) in [4.78, 5) is 12.3. The fraction of sp³-hybridized carbons (Fsp3) is 0.571. The summed E-state index contributed by atoms with van der Waals surface area (Å²) in [5.41, 5.74) is -0.360. The molecular weight excluding hydrogens is 248 g/mol. The zero-order valence-electron chi connectivity index (χ0n) is 10.6. The summed E-state index contributed by atoms with van der Waals surface area (Å²) >= 11 is 1.77. The molecule has 18 heavy (non-hydrogen) atoms. The van der Waals surface area contributed by atoms with Crippen LogP contribution in [0.3, 0.4) is 0 Å². The Morgan fingerprint density at radius 1 is 1.17 bits per heavy atom. The molecule has 0 radical (unpaired) electrons. The number of benzene rings is 1. The van der Waals surface area contributed by atoms with E-state index in [4.69, 9.17) is 14.5 Å². The van der Waals surface area contributed by atoms with Gasteiger partial charge in [0.25, 0.3) is 0 Å². The lowest BCUT2D eigenvalue weighted by atomic mass is 9.91. The highest BCUT2D eigenvalue weighted by Gasteiger charge is 2.48. The van der Waals surface area contributed by atoms with Crippen LogP contribution in [0.25, 0.3) is 0 Å². The van der Waals surface area contributed by atoms with Crippen molar-refractivity contribution in [3.8, 4) is 0 Å². The minimum absolute atomic E-state index is 0.360. The Hall–Kier alpha value is -0.550. The molecule has 1 heterocycles. The fourth-order valence-corrected chi connectivity index (χ4v) is 2.97. The monoisotopic (exact) mass is 266 g/mol. The van der Waals surface area contributed by atoms with Gasteiger partial charge in [0, 0.05) is 23.5 Å². The number of hydrogen-bond donors (Lipinski definition) is 0. The molecule has 3 rings (SSSR count). The van der Waals surface area contributed by atoms with Gasteiger partial charge in [-0.15, -0.1) is 11.8 Å². The van der Waals surface area contributed by atoms with Gasteiger partial charge in [-0.25, -0.2) is 9.78 Å². The number of ether oxygens (including phenoxy) is 1. The zero-order valence-corrected chi connectivity index (χ0v) is 11.4. The number of rotatable bonds is 3. The van der Waals surface area contributed by atoms with Gasteiger partial charge in [0.1, 0.15) is 5.60 Å². The molecule has 0 amide bonds. The van der Waals surface area contributed by atoms with Crippen LogP contribution in [0, 0.1) is 0 Å². The molecule has 3 nitrogen and oxygen atoms in total. The molecule has 0 aromatic heterocycles. The van der Waals surface area contributed by atoms with Gasteiger partial charge in [-0.1, -0.05) is 18.2 Å². The summed E-state index contributed by atoms with van der Waals surface area (Å²) < 4.78 is 5.84. The van der Waals surface area contributed by atoms with E-state index in [1.165, 1.54) is 11.3 Å². The number of hydrogen-bond acceptors (Lipinski definition) is 4. The standard InChI is InChI=1S/C14H18O3S/c1-13(11-18-12-6-3-2-4-7-12)10-15-14(17-16-13)8-5-9-14/h2-4,6-7H,5,8-11H2,1H3. The van der Waals surface area contributed by atoms with Crippen LogP contribution in [0.4, 0.5) is 0 Å². The van der Waals surface area contributed by atoms with Crippen molar-refractivity contribution in [2.24, 2.45) is 0 Å². The fourth-order valence-electron chi connectivity index (χ4n) is 2.02. The van der Waals surface area contributed by atoms with E-state index < -0.39 is 5.79 Å². The maximum atomic E-state index is 5.84. The first-order valence-corrected chi connectivity index (χ1v) is 7.37. The molecule has 4 heteroatoms. The summed E-state index contributed by atoms with van der Waals surface area (Å²) in [7, 11) is 0. The molecule has 0 N–H and O–H groups in total. The van der Waals surface area contributed by atoms with Crippen molar-refractivity contribution in [1.29, 1.82) is 0 Å². The Morgan fingerprint density at radius 3 is 2.50 bits per heavy atom. The lowest BCUT2D eigenvalue weighted by molar-refractivity contribution is -0.520. The molecule has 1 saturated heterocycles. The van der Waals surface area contributed by atoms with Gasteiger partial charge in [0.2, 0.25) is 5.79 Å². The average Bonchev–Trinajstić information content (AvgIpc) is 2.37. The summed E-state index contributed by atoms with van der Waals surface area (Å²) in [5, 5.41) is 0. The van der Waals surface area contributed by atoms with Crippen LogP contribution in [0.5, 0.6) is 0 Å². The van der Waals surface area contributed by atoms with Crippen molar-refractivity contribution >= 4 is 11.8 Å². The Labute approximate surface area is 112 Å². The maximum Gasteiger partial charge on any atom is 0.201 e. The van der Waals surface area contributed by atoms with E-state index in [1.54, 1.807) is 11.8 Å². The van der Waals surface area contributed by atoms with E-state index in [1.807, 2.05) is 25.1 Å². The van der Waals surface area contributed by atoms with E-state index >= 15 is 0 Å². The first-order valence-electron chi connectivity index (χ1n) is 6.39. The third-order valence-electron chi connectivity index (χ3n) is 3.44. The van der Waals surface area contributed by atoms with Gasteiger partial charge in [-0.3, -0.25) is 0 Å². The highest BCUT2D eigenvalue weighted by atomic mass is 32.2. The predicted octanol–water partition coefficient (Wildman–Crippen LogP) is 3.40. The van der Waals surface area contributed by atoms with Crippen LogP contribution >= 0.6 is 11.8 Å².